The van der Waals surface area contributed by atoms with Crippen LogP contribution in [-0.4, -0.2) is 41.9 Å². The quantitative estimate of drug-likeness (QED) is 0.550. The van der Waals surface area contributed by atoms with Crippen LogP contribution in [0.2, 0.25) is 0 Å². The average Bonchev–Trinajstić information content (AvgIpc) is 3.61. The standard InChI is InChI=1S/C23H26N4O4S2/c28-22(24-19-10-2-1-3-11-19)17-9-6-12-27(14-17)33(29,30)20-13-18(15-32-20)21-25-23(31-26-21)16-7-4-5-8-16/h1-3,10-11,13,15-17H,4-9,12,14H2,(H,24,28)/t17-/m1/s1. The van der Waals surface area contributed by atoms with Crippen molar-refractivity contribution in [2.24, 2.45) is 5.92 Å². The minimum absolute atomic E-state index is 0.154. The third-order valence-electron chi connectivity index (χ3n) is 6.37. The third kappa shape index (κ3) is 4.73. The van der Waals surface area contributed by atoms with E-state index in [4.69, 9.17) is 4.52 Å². The molecule has 174 valence electrons. The summed E-state index contributed by atoms with van der Waals surface area (Å²) in [4.78, 5) is 17.2. The number of sulfonamides is 1. The summed E-state index contributed by atoms with van der Waals surface area (Å²) < 4.78 is 33.7. The molecule has 1 saturated carbocycles. The second-order valence-corrected chi connectivity index (χ2v) is 11.7. The van der Waals surface area contributed by atoms with Gasteiger partial charge in [0.15, 0.2) is 0 Å². The summed E-state index contributed by atoms with van der Waals surface area (Å²) in [6.07, 6.45) is 5.75. The van der Waals surface area contributed by atoms with Crippen molar-refractivity contribution in [1.29, 1.82) is 0 Å². The molecule has 0 unspecified atom stereocenters. The van der Waals surface area contributed by atoms with Crippen LogP contribution in [-0.2, 0) is 14.8 Å². The van der Waals surface area contributed by atoms with Crippen molar-refractivity contribution in [3.05, 3.63) is 47.7 Å². The van der Waals surface area contributed by atoms with Crippen LogP contribution in [0.1, 0.15) is 50.3 Å². The molecule has 1 saturated heterocycles. The highest BCUT2D eigenvalue weighted by Crippen LogP contribution is 2.35. The second kappa shape index (κ2) is 9.36. The molecule has 0 bridgehead atoms. The van der Waals surface area contributed by atoms with Crippen molar-refractivity contribution < 1.29 is 17.7 Å². The SMILES string of the molecule is O=C(Nc1ccccc1)[C@@H]1CCCN(S(=O)(=O)c2cc(-c3noc(C4CCCC4)n3)cs2)C1. The van der Waals surface area contributed by atoms with E-state index in [0.29, 0.717) is 48.3 Å². The number of nitrogens with zero attached hydrogens (tertiary/aromatic N) is 3. The Balaban J connectivity index is 1.28. The van der Waals surface area contributed by atoms with Gasteiger partial charge < -0.3 is 9.84 Å². The molecule has 1 aliphatic heterocycles. The van der Waals surface area contributed by atoms with E-state index in [0.717, 1.165) is 24.2 Å². The lowest BCUT2D eigenvalue weighted by atomic mass is 9.99. The Morgan fingerprint density at radius 1 is 1.12 bits per heavy atom. The normalized spacial score (nSPS) is 20.2. The summed E-state index contributed by atoms with van der Waals surface area (Å²) >= 11 is 1.15. The minimum atomic E-state index is -3.71. The van der Waals surface area contributed by atoms with Gasteiger partial charge >= 0.3 is 0 Å². The molecule has 5 rings (SSSR count). The van der Waals surface area contributed by atoms with Gasteiger partial charge in [-0.15, -0.1) is 11.3 Å². The number of rotatable bonds is 6. The molecule has 8 nitrogen and oxygen atoms in total. The van der Waals surface area contributed by atoms with Gasteiger partial charge in [0.2, 0.25) is 17.6 Å². The number of amides is 1. The van der Waals surface area contributed by atoms with Crippen molar-refractivity contribution in [1.82, 2.24) is 14.4 Å². The number of anilines is 1. The van der Waals surface area contributed by atoms with Crippen molar-refractivity contribution >= 4 is 33.0 Å². The average molecular weight is 487 g/mol. The third-order valence-corrected chi connectivity index (χ3v) is 9.65. The van der Waals surface area contributed by atoms with Crippen LogP contribution in [0.3, 0.4) is 0 Å². The Morgan fingerprint density at radius 2 is 1.91 bits per heavy atom. The predicted octanol–water partition coefficient (Wildman–Crippen LogP) is 4.50. The molecular weight excluding hydrogens is 460 g/mol. The van der Waals surface area contributed by atoms with Gasteiger partial charge in [-0.1, -0.05) is 36.2 Å². The van der Waals surface area contributed by atoms with Gasteiger partial charge in [0, 0.05) is 35.6 Å². The van der Waals surface area contributed by atoms with Crippen LogP contribution < -0.4 is 5.32 Å². The molecular formula is C23H26N4O4S2. The number of para-hydroxylation sites is 1. The summed E-state index contributed by atoms with van der Waals surface area (Å²) in [6, 6.07) is 10.8. The van der Waals surface area contributed by atoms with Gasteiger partial charge in [-0.05, 0) is 43.9 Å². The second-order valence-electron chi connectivity index (χ2n) is 8.65. The van der Waals surface area contributed by atoms with E-state index in [1.807, 2.05) is 30.3 Å². The predicted molar refractivity (Wildman–Crippen MR) is 125 cm³/mol. The first kappa shape index (κ1) is 22.2. The number of thiophene rings is 1. The number of aromatic nitrogens is 2. The molecule has 1 N–H and O–H groups in total. The van der Waals surface area contributed by atoms with E-state index in [1.54, 1.807) is 11.4 Å². The monoisotopic (exact) mass is 486 g/mol. The van der Waals surface area contributed by atoms with Crippen molar-refractivity contribution in [2.45, 2.75) is 48.7 Å². The molecule has 2 aliphatic rings. The number of carbonyl (C=O) groups is 1. The van der Waals surface area contributed by atoms with Crippen LogP contribution in [0.25, 0.3) is 11.4 Å². The molecule has 0 radical (unpaired) electrons. The Hall–Kier alpha value is -2.56. The Morgan fingerprint density at radius 3 is 2.70 bits per heavy atom. The molecule has 0 spiro atoms. The summed E-state index contributed by atoms with van der Waals surface area (Å²) in [5, 5.41) is 8.71. The molecule has 1 aliphatic carbocycles. The first-order chi connectivity index (χ1) is 16.0. The molecule has 33 heavy (non-hydrogen) atoms. The van der Waals surface area contributed by atoms with Crippen LogP contribution >= 0.6 is 11.3 Å². The minimum Gasteiger partial charge on any atom is -0.339 e. The Kier molecular flexibility index (Phi) is 6.31. The highest BCUT2D eigenvalue weighted by atomic mass is 32.2. The largest absolute Gasteiger partial charge is 0.339 e. The first-order valence-electron chi connectivity index (χ1n) is 11.3. The van der Waals surface area contributed by atoms with E-state index in [1.165, 1.54) is 17.1 Å². The molecule has 1 amide bonds. The van der Waals surface area contributed by atoms with Crippen molar-refractivity contribution in [2.75, 3.05) is 18.4 Å². The fourth-order valence-corrected chi connectivity index (χ4v) is 7.36. The van der Waals surface area contributed by atoms with Gasteiger partial charge in [0.1, 0.15) is 4.21 Å². The van der Waals surface area contributed by atoms with Crippen LogP contribution in [0.15, 0.2) is 50.5 Å². The molecule has 10 heteroatoms. The molecule has 3 heterocycles. The number of benzene rings is 1. The number of hydrogen-bond donors (Lipinski definition) is 1. The Labute approximate surface area is 197 Å². The van der Waals surface area contributed by atoms with E-state index >= 15 is 0 Å². The number of piperidine rings is 1. The van der Waals surface area contributed by atoms with Crippen LogP contribution in [0.4, 0.5) is 5.69 Å². The maximum absolute atomic E-state index is 13.3. The van der Waals surface area contributed by atoms with Crippen molar-refractivity contribution in [3.63, 3.8) is 0 Å². The van der Waals surface area contributed by atoms with Gasteiger partial charge in [-0.2, -0.15) is 9.29 Å². The van der Waals surface area contributed by atoms with E-state index in [-0.39, 0.29) is 22.6 Å². The number of carbonyl (C=O) groups excluding carboxylic acids is 1. The lowest BCUT2D eigenvalue weighted by molar-refractivity contribution is -0.120. The molecule has 3 aromatic rings. The summed E-state index contributed by atoms with van der Waals surface area (Å²) in [5.74, 6) is 0.828. The van der Waals surface area contributed by atoms with E-state index < -0.39 is 10.0 Å². The highest BCUT2D eigenvalue weighted by molar-refractivity contribution is 7.91. The topological polar surface area (TPSA) is 105 Å². The zero-order valence-electron chi connectivity index (χ0n) is 18.1. The van der Waals surface area contributed by atoms with E-state index in [2.05, 4.69) is 15.5 Å². The smallest absolute Gasteiger partial charge is 0.252 e. The van der Waals surface area contributed by atoms with Crippen LogP contribution in [0, 0.1) is 5.92 Å². The molecule has 2 aromatic heterocycles. The highest BCUT2D eigenvalue weighted by Gasteiger charge is 2.34. The molecule has 1 aromatic carbocycles. The van der Waals surface area contributed by atoms with Crippen molar-refractivity contribution in [3.8, 4) is 11.4 Å². The maximum atomic E-state index is 13.3. The number of nitrogens with one attached hydrogen (secondary N) is 1. The summed E-state index contributed by atoms with van der Waals surface area (Å²) in [6.45, 7) is 0.570. The summed E-state index contributed by atoms with van der Waals surface area (Å²) in [7, 11) is -3.71. The van der Waals surface area contributed by atoms with Gasteiger partial charge in [-0.3, -0.25) is 4.79 Å². The Bertz CT molecular complexity index is 1220. The van der Waals surface area contributed by atoms with E-state index in [9.17, 15) is 13.2 Å². The first-order valence-corrected chi connectivity index (χ1v) is 13.6. The molecule has 1 atom stereocenters. The van der Waals surface area contributed by atoms with Gasteiger partial charge in [-0.25, -0.2) is 8.42 Å². The fraction of sp³-hybridized carbons (Fsp3) is 0.435. The van der Waals surface area contributed by atoms with Gasteiger partial charge in [0.25, 0.3) is 10.0 Å². The zero-order valence-corrected chi connectivity index (χ0v) is 19.8. The molecule has 2 fully saturated rings. The number of hydrogen-bond acceptors (Lipinski definition) is 7. The zero-order chi connectivity index (χ0) is 22.8. The lowest BCUT2D eigenvalue weighted by Gasteiger charge is -2.30. The fourth-order valence-electron chi connectivity index (χ4n) is 4.53. The lowest BCUT2D eigenvalue weighted by Crippen LogP contribution is -2.43. The summed E-state index contributed by atoms with van der Waals surface area (Å²) in [5.41, 5.74) is 1.35. The van der Waals surface area contributed by atoms with Gasteiger partial charge in [0.05, 0.1) is 5.92 Å². The maximum Gasteiger partial charge on any atom is 0.252 e. The van der Waals surface area contributed by atoms with Crippen LogP contribution in [0.5, 0.6) is 0 Å².